The molecule has 0 bridgehead atoms. The molecule has 0 radical (unpaired) electrons. The molecule has 0 N–H and O–H groups in total. The number of hydrogen-bond acceptors (Lipinski definition) is 6. The SMILES string of the molecule is COc1ccc2c(c1OC)C(=O)N1c3ccccc3C(=O)N(CCCC(=O)N3CCOCC3)C21. The molecule has 9 heteroatoms. The van der Waals surface area contributed by atoms with Crippen LogP contribution in [-0.2, 0) is 9.53 Å². The lowest BCUT2D eigenvalue weighted by Crippen LogP contribution is -2.48. The minimum absolute atomic E-state index is 0.0549. The Morgan fingerprint density at radius 2 is 1.79 bits per heavy atom. The molecule has 5 rings (SSSR count). The highest BCUT2D eigenvalue weighted by molar-refractivity contribution is 6.18. The highest BCUT2D eigenvalue weighted by Gasteiger charge is 2.49. The molecule has 0 spiro atoms. The molecule has 3 aliphatic heterocycles. The molecule has 3 amide bonds. The molecule has 1 unspecified atom stereocenters. The largest absolute Gasteiger partial charge is 0.493 e. The Bertz CT molecular complexity index is 1140. The van der Waals surface area contributed by atoms with Gasteiger partial charge >= 0.3 is 0 Å². The van der Waals surface area contributed by atoms with E-state index in [-0.39, 0.29) is 17.7 Å². The summed E-state index contributed by atoms with van der Waals surface area (Å²) >= 11 is 0. The second kappa shape index (κ2) is 8.98. The Labute approximate surface area is 197 Å². The van der Waals surface area contributed by atoms with Gasteiger partial charge in [-0.3, -0.25) is 19.3 Å². The zero-order chi connectivity index (χ0) is 23.8. The first kappa shape index (κ1) is 22.2. The van der Waals surface area contributed by atoms with Gasteiger partial charge in [0.2, 0.25) is 5.91 Å². The van der Waals surface area contributed by atoms with Crippen molar-refractivity contribution >= 4 is 23.4 Å². The second-order valence-electron chi connectivity index (χ2n) is 8.43. The van der Waals surface area contributed by atoms with Gasteiger partial charge < -0.3 is 24.0 Å². The summed E-state index contributed by atoms with van der Waals surface area (Å²) in [6, 6.07) is 10.7. The van der Waals surface area contributed by atoms with Crippen molar-refractivity contribution in [3.8, 4) is 11.5 Å². The zero-order valence-electron chi connectivity index (χ0n) is 19.3. The molecule has 1 saturated heterocycles. The summed E-state index contributed by atoms with van der Waals surface area (Å²) in [6.45, 7) is 2.62. The van der Waals surface area contributed by atoms with E-state index >= 15 is 0 Å². The molecule has 2 aromatic carbocycles. The lowest BCUT2D eigenvalue weighted by molar-refractivity contribution is -0.135. The number of morpholine rings is 1. The average Bonchev–Trinajstić information content (AvgIpc) is 3.18. The molecule has 0 saturated carbocycles. The topological polar surface area (TPSA) is 88.6 Å². The third-order valence-electron chi connectivity index (χ3n) is 6.64. The van der Waals surface area contributed by atoms with E-state index in [1.807, 2.05) is 12.1 Å². The maximum atomic E-state index is 13.7. The van der Waals surface area contributed by atoms with Crippen molar-refractivity contribution in [1.82, 2.24) is 9.80 Å². The van der Waals surface area contributed by atoms with E-state index < -0.39 is 6.17 Å². The number of nitrogens with zero attached hydrogens (tertiary/aromatic N) is 3. The number of rotatable bonds is 6. The average molecular weight is 466 g/mol. The van der Waals surface area contributed by atoms with Gasteiger partial charge in [-0.2, -0.15) is 0 Å². The summed E-state index contributed by atoms with van der Waals surface area (Å²) < 4.78 is 16.3. The van der Waals surface area contributed by atoms with Crippen molar-refractivity contribution in [2.24, 2.45) is 0 Å². The molecule has 0 aromatic heterocycles. The Kier molecular flexibility index (Phi) is 5.87. The van der Waals surface area contributed by atoms with Crippen LogP contribution >= 0.6 is 0 Å². The molecule has 34 heavy (non-hydrogen) atoms. The Morgan fingerprint density at radius 3 is 2.53 bits per heavy atom. The Hall–Kier alpha value is -3.59. The van der Waals surface area contributed by atoms with Crippen molar-refractivity contribution in [1.29, 1.82) is 0 Å². The van der Waals surface area contributed by atoms with E-state index in [4.69, 9.17) is 14.2 Å². The van der Waals surface area contributed by atoms with Gasteiger partial charge in [-0.05, 0) is 24.6 Å². The zero-order valence-corrected chi connectivity index (χ0v) is 19.3. The van der Waals surface area contributed by atoms with Gasteiger partial charge in [0.1, 0.15) is 6.17 Å². The van der Waals surface area contributed by atoms with Crippen LogP contribution in [-0.4, -0.2) is 74.6 Å². The predicted octanol–water partition coefficient (Wildman–Crippen LogP) is 2.46. The Morgan fingerprint density at radius 1 is 1.03 bits per heavy atom. The second-order valence-corrected chi connectivity index (χ2v) is 8.43. The van der Waals surface area contributed by atoms with Crippen LogP contribution < -0.4 is 14.4 Å². The van der Waals surface area contributed by atoms with Crippen LogP contribution in [0.25, 0.3) is 0 Å². The number of ether oxygens (including phenoxy) is 3. The van der Waals surface area contributed by atoms with Crippen molar-refractivity contribution in [2.45, 2.75) is 19.0 Å². The Balaban J connectivity index is 1.48. The number of fused-ring (bicyclic) bond motifs is 5. The van der Waals surface area contributed by atoms with E-state index in [2.05, 4.69) is 0 Å². The minimum Gasteiger partial charge on any atom is -0.493 e. The van der Waals surface area contributed by atoms with Crippen LogP contribution in [0.15, 0.2) is 36.4 Å². The standard InChI is InChI=1S/C25H27N3O6/c1-32-19-10-9-17-21(22(19)33-2)25(31)28-18-7-4-3-6-16(18)24(30)27(23(17)28)11-5-8-20(29)26-12-14-34-15-13-26/h3-4,6-7,9-10,23H,5,8,11-15H2,1-2H3. The van der Waals surface area contributed by atoms with Gasteiger partial charge in [0.05, 0.1) is 44.2 Å². The molecule has 178 valence electrons. The maximum absolute atomic E-state index is 13.7. The number of para-hydroxylation sites is 1. The molecule has 2 aromatic rings. The first-order valence-electron chi connectivity index (χ1n) is 11.4. The van der Waals surface area contributed by atoms with E-state index in [1.165, 1.54) is 14.2 Å². The number of hydrogen-bond donors (Lipinski definition) is 0. The number of carbonyl (C=O) groups excluding carboxylic acids is 3. The van der Waals surface area contributed by atoms with Crippen LogP contribution in [0, 0.1) is 0 Å². The molecular formula is C25H27N3O6. The number of anilines is 1. The van der Waals surface area contributed by atoms with Crippen molar-refractivity contribution < 1.29 is 28.6 Å². The summed E-state index contributed by atoms with van der Waals surface area (Å²) in [4.78, 5) is 45.0. The molecule has 9 nitrogen and oxygen atoms in total. The highest BCUT2D eigenvalue weighted by Crippen LogP contribution is 2.49. The lowest BCUT2D eigenvalue weighted by atomic mass is 10.0. The summed E-state index contributed by atoms with van der Waals surface area (Å²) in [5, 5.41) is 0. The summed E-state index contributed by atoms with van der Waals surface area (Å²) in [6.07, 6.45) is 0.207. The van der Waals surface area contributed by atoms with Crippen molar-refractivity contribution in [3.63, 3.8) is 0 Å². The maximum Gasteiger partial charge on any atom is 0.264 e. The first-order chi connectivity index (χ1) is 16.6. The van der Waals surface area contributed by atoms with E-state index in [0.717, 1.165) is 0 Å². The monoisotopic (exact) mass is 465 g/mol. The van der Waals surface area contributed by atoms with Gasteiger partial charge in [0.15, 0.2) is 11.5 Å². The highest BCUT2D eigenvalue weighted by atomic mass is 16.5. The molecule has 0 aliphatic carbocycles. The van der Waals surface area contributed by atoms with Crippen LogP contribution in [0.3, 0.4) is 0 Å². The number of carbonyl (C=O) groups is 3. The molecule has 1 atom stereocenters. The minimum atomic E-state index is -0.608. The normalized spacial score (nSPS) is 19.0. The summed E-state index contributed by atoms with van der Waals surface area (Å²) in [5.41, 5.74) is 2.11. The van der Waals surface area contributed by atoms with Gasteiger partial charge in [0.25, 0.3) is 11.8 Å². The summed E-state index contributed by atoms with van der Waals surface area (Å²) in [5.74, 6) is 0.457. The quantitative estimate of drug-likeness (QED) is 0.651. The fourth-order valence-electron chi connectivity index (χ4n) is 5.02. The number of benzene rings is 2. The van der Waals surface area contributed by atoms with E-state index in [1.54, 1.807) is 39.0 Å². The van der Waals surface area contributed by atoms with Crippen LogP contribution in [0.5, 0.6) is 11.5 Å². The van der Waals surface area contributed by atoms with Crippen LogP contribution in [0.4, 0.5) is 5.69 Å². The van der Waals surface area contributed by atoms with Crippen molar-refractivity contribution in [2.75, 3.05) is 52.0 Å². The first-order valence-corrected chi connectivity index (χ1v) is 11.4. The predicted molar refractivity (Wildman–Crippen MR) is 123 cm³/mol. The van der Waals surface area contributed by atoms with Gasteiger partial charge in [-0.15, -0.1) is 0 Å². The third kappa shape index (κ3) is 3.47. The van der Waals surface area contributed by atoms with E-state index in [9.17, 15) is 14.4 Å². The van der Waals surface area contributed by atoms with Crippen LogP contribution in [0.1, 0.15) is 45.3 Å². The van der Waals surface area contributed by atoms with Gasteiger partial charge in [-0.1, -0.05) is 18.2 Å². The van der Waals surface area contributed by atoms with E-state index in [0.29, 0.717) is 79.6 Å². The molecular weight excluding hydrogens is 438 g/mol. The van der Waals surface area contributed by atoms with Gasteiger partial charge in [0, 0.05) is 31.6 Å². The number of methoxy groups -OCH3 is 2. The third-order valence-corrected chi connectivity index (χ3v) is 6.64. The fourth-order valence-corrected chi connectivity index (χ4v) is 5.02. The lowest BCUT2D eigenvalue weighted by Gasteiger charge is -2.41. The molecule has 3 heterocycles. The van der Waals surface area contributed by atoms with Crippen molar-refractivity contribution in [3.05, 3.63) is 53.1 Å². The fraction of sp³-hybridized carbons (Fsp3) is 0.400. The summed E-state index contributed by atoms with van der Waals surface area (Å²) in [7, 11) is 3.02. The molecule has 3 aliphatic rings. The van der Waals surface area contributed by atoms with Crippen LogP contribution in [0.2, 0.25) is 0 Å². The smallest absolute Gasteiger partial charge is 0.264 e. The number of amides is 3. The molecule has 1 fully saturated rings. The van der Waals surface area contributed by atoms with Gasteiger partial charge in [-0.25, -0.2) is 0 Å².